The summed E-state index contributed by atoms with van der Waals surface area (Å²) in [7, 11) is -4.12. The van der Waals surface area contributed by atoms with Gasteiger partial charge < -0.3 is 19.5 Å². The van der Waals surface area contributed by atoms with Crippen LogP contribution in [0.5, 0.6) is 11.5 Å². The molecule has 2 aliphatic heterocycles. The minimum atomic E-state index is -4.12. The molecule has 2 N–H and O–H groups in total. The lowest BCUT2D eigenvalue weighted by molar-refractivity contribution is -0.657. The molecule has 38 heavy (non-hydrogen) atoms. The van der Waals surface area contributed by atoms with Crippen molar-refractivity contribution in [3.8, 4) is 11.5 Å². The van der Waals surface area contributed by atoms with Crippen LogP contribution in [0.3, 0.4) is 0 Å². The molecule has 0 fully saturated rings. The number of aliphatic carboxylic acids is 1. The summed E-state index contributed by atoms with van der Waals surface area (Å²) in [6.45, 7) is 2.12. The lowest BCUT2D eigenvalue weighted by atomic mass is 10.2. The third kappa shape index (κ3) is 5.65. The van der Waals surface area contributed by atoms with Gasteiger partial charge in [-0.3, -0.25) is 4.55 Å². The number of thioether (sulfide) groups is 1. The Bertz CT molecular complexity index is 1600. The van der Waals surface area contributed by atoms with Crippen molar-refractivity contribution in [2.45, 2.75) is 31.2 Å². The lowest BCUT2D eigenvalue weighted by Gasteiger charge is -2.20. The molecule has 0 amide bonds. The summed E-state index contributed by atoms with van der Waals surface area (Å²) in [6.07, 6.45) is 4.64. The Morgan fingerprint density at radius 2 is 2.00 bits per heavy atom. The van der Waals surface area contributed by atoms with E-state index in [1.165, 1.54) is 35.2 Å². The van der Waals surface area contributed by atoms with E-state index in [0.29, 0.717) is 23.6 Å². The predicted molar refractivity (Wildman–Crippen MR) is 143 cm³/mol. The SMILES string of the molecule is CCC(=Cc1sc2cc3c(cc2[n+]1CC(=O)O)OCO3)C=C1Sc2ccc(F)cc2N1CCCS(=O)(=O)O. The van der Waals surface area contributed by atoms with Crippen LogP contribution in [0.1, 0.15) is 24.8 Å². The number of aromatic nitrogens is 1. The van der Waals surface area contributed by atoms with Crippen LogP contribution >= 0.6 is 23.1 Å². The highest BCUT2D eigenvalue weighted by atomic mass is 32.2. The first-order chi connectivity index (χ1) is 18.1. The van der Waals surface area contributed by atoms with E-state index in [4.69, 9.17) is 14.0 Å². The maximum absolute atomic E-state index is 14.1. The van der Waals surface area contributed by atoms with Gasteiger partial charge in [0.15, 0.2) is 11.5 Å². The second-order valence-corrected chi connectivity index (χ2v) is 12.4. The number of anilines is 1. The number of hydrogen-bond donors (Lipinski definition) is 2. The fourth-order valence-corrected chi connectivity index (χ4v) is 7.07. The van der Waals surface area contributed by atoms with Crippen LogP contribution in [0.15, 0.2) is 51.9 Å². The quantitative estimate of drug-likeness (QED) is 0.276. The number of nitrogens with zero attached hydrogens (tertiary/aromatic N) is 2. The van der Waals surface area contributed by atoms with Crippen LogP contribution in [-0.4, -0.2) is 43.1 Å². The topological polar surface area (TPSA) is 117 Å². The number of thiazole rings is 1. The fourth-order valence-electron chi connectivity index (χ4n) is 4.28. The largest absolute Gasteiger partial charge is 0.477 e. The summed E-state index contributed by atoms with van der Waals surface area (Å²) in [4.78, 5) is 14.4. The molecule has 0 bridgehead atoms. The number of benzene rings is 2. The average Bonchev–Trinajstić information content (AvgIpc) is 3.52. The van der Waals surface area contributed by atoms with Crippen molar-refractivity contribution >= 4 is 61.2 Å². The number of hydrogen-bond acceptors (Lipinski definition) is 8. The third-order valence-corrected chi connectivity index (χ3v) is 9.03. The van der Waals surface area contributed by atoms with Gasteiger partial charge in [0, 0.05) is 23.6 Å². The van der Waals surface area contributed by atoms with Crippen molar-refractivity contribution in [2.24, 2.45) is 0 Å². The predicted octanol–water partition coefficient (Wildman–Crippen LogP) is 4.67. The Labute approximate surface area is 226 Å². The molecule has 0 spiro atoms. The minimum absolute atomic E-state index is 0.122. The molecule has 9 nitrogen and oxygen atoms in total. The number of carbonyl (C=O) groups is 1. The second kappa shape index (κ2) is 10.6. The number of halogens is 1. The van der Waals surface area contributed by atoms with Gasteiger partial charge >= 0.3 is 5.97 Å². The number of carboxylic acid groups (broad SMARTS) is 1. The first-order valence-electron chi connectivity index (χ1n) is 11.7. The molecule has 0 atom stereocenters. The molecule has 5 rings (SSSR count). The fraction of sp³-hybridized carbons (Fsp3) is 0.280. The second-order valence-electron chi connectivity index (χ2n) is 8.65. The van der Waals surface area contributed by atoms with Gasteiger partial charge in [-0.25, -0.2) is 9.18 Å². The van der Waals surface area contributed by atoms with E-state index in [-0.39, 0.29) is 26.3 Å². The van der Waals surface area contributed by atoms with E-state index in [9.17, 15) is 22.7 Å². The van der Waals surface area contributed by atoms with Gasteiger partial charge in [-0.2, -0.15) is 13.0 Å². The Balaban J connectivity index is 1.53. The standard InChI is InChI=1S/C25H23FN2O7S3/c1-2-15(8-23-27(6-3-7-38(31,32)33)17-10-16(26)4-5-21(17)36-23)9-24-28(13-25(29)30)18-11-19-20(35-14-34-19)12-22(18)37-24/h4-5,8-12H,2-3,6-7,13-14H2,1H3,(H-,29,30,31,32,33)/p+1. The van der Waals surface area contributed by atoms with Crippen LogP contribution in [0.25, 0.3) is 16.3 Å². The Morgan fingerprint density at radius 3 is 2.71 bits per heavy atom. The van der Waals surface area contributed by atoms with Gasteiger partial charge in [0.05, 0.1) is 22.5 Å². The van der Waals surface area contributed by atoms with Crippen LogP contribution in [0.2, 0.25) is 0 Å². The zero-order chi connectivity index (χ0) is 27.0. The summed E-state index contributed by atoms with van der Waals surface area (Å²) in [5.41, 5.74) is 2.25. The van der Waals surface area contributed by atoms with Gasteiger partial charge in [0.25, 0.3) is 15.1 Å². The maximum atomic E-state index is 14.1. The Morgan fingerprint density at radius 1 is 1.24 bits per heavy atom. The highest BCUT2D eigenvalue weighted by Crippen LogP contribution is 2.47. The van der Waals surface area contributed by atoms with E-state index in [1.807, 2.05) is 30.0 Å². The molecule has 2 aliphatic rings. The van der Waals surface area contributed by atoms with Crippen LogP contribution in [0, 0.1) is 5.82 Å². The van der Waals surface area contributed by atoms with Crippen molar-refractivity contribution < 1.29 is 41.3 Å². The molecule has 0 radical (unpaired) electrons. The number of ether oxygens (including phenoxy) is 2. The third-order valence-electron chi connectivity index (χ3n) is 6.02. The summed E-state index contributed by atoms with van der Waals surface area (Å²) in [5, 5.41) is 11.1. The van der Waals surface area contributed by atoms with Crippen LogP contribution in [-0.2, 0) is 21.5 Å². The van der Waals surface area contributed by atoms with Crippen molar-refractivity contribution in [3.05, 3.63) is 57.8 Å². The average molecular weight is 580 g/mol. The minimum Gasteiger partial charge on any atom is -0.477 e. The number of fused-ring (bicyclic) bond motifs is 3. The van der Waals surface area contributed by atoms with Gasteiger partial charge in [0.2, 0.25) is 18.9 Å². The molecule has 0 unspecified atom stereocenters. The molecule has 200 valence electrons. The van der Waals surface area contributed by atoms with Crippen molar-refractivity contribution in [3.63, 3.8) is 0 Å². The molecule has 0 saturated carbocycles. The van der Waals surface area contributed by atoms with Gasteiger partial charge in [-0.15, -0.1) is 0 Å². The molecule has 3 aromatic rings. The number of carboxylic acids is 1. The zero-order valence-electron chi connectivity index (χ0n) is 20.2. The lowest BCUT2D eigenvalue weighted by Crippen LogP contribution is -2.39. The Hall–Kier alpha value is -3.13. The van der Waals surface area contributed by atoms with E-state index < -0.39 is 27.7 Å². The normalized spacial score (nSPS) is 16.0. The number of rotatable bonds is 9. The highest BCUT2D eigenvalue weighted by molar-refractivity contribution is 8.03. The summed E-state index contributed by atoms with van der Waals surface area (Å²) >= 11 is 2.87. The van der Waals surface area contributed by atoms with E-state index in [1.54, 1.807) is 16.7 Å². The zero-order valence-corrected chi connectivity index (χ0v) is 22.7. The molecule has 0 aliphatic carbocycles. The Kier molecular flexibility index (Phi) is 7.36. The summed E-state index contributed by atoms with van der Waals surface area (Å²) < 4.78 is 59.2. The van der Waals surface area contributed by atoms with Crippen molar-refractivity contribution in [2.75, 3.05) is 24.0 Å². The molecule has 1 aromatic heterocycles. The summed E-state index contributed by atoms with van der Waals surface area (Å²) in [6, 6.07) is 8.09. The maximum Gasteiger partial charge on any atom is 0.370 e. The molecule has 0 saturated heterocycles. The highest BCUT2D eigenvalue weighted by Gasteiger charge is 2.28. The van der Waals surface area contributed by atoms with E-state index in [0.717, 1.165) is 30.7 Å². The van der Waals surface area contributed by atoms with Gasteiger partial charge in [0.1, 0.15) is 10.5 Å². The number of allylic oxidation sites excluding steroid dienone is 2. The monoisotopic (exact) mass is 579 g/mol. The van der Waals surface area contributed by atoms with E-state index >= 15 is 0 Å². The first kappa shape index (κ1) is 26.5. The molecule has 3 heterocycles. The molecular formula is C25H24FN2O7S3+. The first-order valence-corrected chi connectivity index (χ1v) is 15.0. The molecular weight excluding hydrogens is 555 g/mol. The van der Waals surface area contributed by atoms with Crippen molar-refractivity contribution in [1.82, 2.24) is 0 Å². The van der Waals surface area contributed by atoms with Crippen LogP contribution < -0.4 is 18.9 Å². The smallest absolute Gasteiger partial charge is 0.370 e. The van der Waals surface area contributed by atoms with Gasteiger partial charge in [-0.1, -0.05) is 30.0 Å². The molecule has 2 aromatic carbocycles. The van der Waals surface area contributed by atoms with Crippen LogP contribution in [0.4, 0.5) is 10.1 Å². The van der Waals surface area contributed by atoms with Crippen molar-refractivity contribution in [1.29, 1.82) is 0 Å². The summed E-state index contributed by atoms with van der Waals surface area (Å²) in [5.74, 6) is -0.612. The van der Waals surface area contributed by atoms with Gasteiger partial charge in [-0.05, 0) is 42.7 Å². The molecule has 13 heteroatoms. The van der Waals surface area contributed by atoms with E-state index in [2.05, 4.69) is 0 Å².